The van der Waals surface area contributed by atoms with E-state index >= 15 is 0 Å². The van der Waals surface area contributed by atoms with Crippen molar-refractivity contribution in [2.45, 2.75) is 33.0 Å². The molecule has 0 atom stereocenters. The van der Waals surface area contributed by atoms with Crippen LogP contribution in [0.3, 0.4) is 0 Å². The molecule has 0 aliphatic rings. The number of guanidine groups is 1. The predicted octanol–water partition coefficient (Wildman–Crippen LogP) is 3.09. The Kier molecular flexibility index (Phi) is 7.92. The molecule has 0 aliphatic heterocycles. The van der Waals surface area contributed by atoms with Crippen molar-refractivity contribution in [3.63, 3.8) is 0 Å². The highest BCUT2D eigenvalue weighted by Gasteiger charge is 2.11. The topological polar surface area (TPSA) is 68.2 Å². The van der Waals surface area contributed by atoms with Gasteiger partial charge >= 0.3 is 0 Å². The van der Waals surface area contributed by atoms with Crippen LogP contribution < -0.4 is 19.5 Å². The minimum atomic E-state index is 0.110. The summed E-state index contributed by atoms with van der Waals surface area (Å²) in [4.78, 5) is 10.7. The quantitative estimate of drug-likeness (QED) is 0.555. The second kappa shape index (κ2) is 10.4. The first-order valence-electron chi connectivity index (χ1n) is 9.21. The van der Waals surface area contributed by atoms with Gasteiger partial charge in [-0.15, -0.1) is 0 Å². The summed E-state index contributed by atoms with van der Waals surface area (Å²) < 4.78 is 16.3. The summed E-state index contributed by atoms with van der Waals surface area (Å²) in [5.74, 6) is 2.96. The lowest BCUT2D eigenvalue weighted by Crippen LogP contribution is -2.38. The van der Waals surface area contributed by atoms with Crippen LogP contribution in [0, 0.1) is 0 Å². The monoisotopic (exact) mass is 386 g/mol. The molecule has 0 spiro atoms. The number of nitrogens with zero attached hydrogens (tertiary/aromatic N) is 3. The van der Waals surface area contributed by atoms with Gasteiger partial charge in [-0.3, -0.25) is 4.99 Å². The maximum absolute atomic E-state index is 5.57. The third-order valence-corrected chi connectivity index (χ3v) is 4.08. The smallest absolute Gasteiger partial charge is 0.213 e. The SMILES string of the molecule is CN=C(NCc1ccc(OC(C)C)nc1)N(C)Cc1ccc(OC)cc1OC. The highest BCUT2D eigenvalue weighted by atomic mass is 16.5. The van der Waals surface area contributed by atoms with Crippen LogP contribution in [0.4, 0.5) is 0 Å². The van der Waals surface area contributed by atoms with Crippen molar-refractivity contribution in [1.29, 1.82) is 0 Å². The number of aromatic nitrogens is 1. The number of pyridine rings is 1. The van der Waals surface area contributed by atoms with Crippen LogP contribution in [0.15, 0.2) is 41.5 Å². The van der Waals surface area contributed by atoms with Gasteiger partial charge in [0.1, 0.15) is 11.5 Å². The molecule has 0 fully saturated rings. The van der Waals surface area contributed by atoms with Gasteiger partial charge in [-0.1, -0.05) is 6.07 Å². The van der Waals surface area contributed by atoms with Crippen LogP contribution in [-0.4, -0.2) is 50.3 Å². The van der Waals surface area contributed by atoms with Crippen molar-refractivity contribution >= 4 is 5.96 Å². The second-order valence-electron chi connectivity index (χ2n) is 6.61. The van der Waals surface area contributed by atoms with E-state index in [1.807, 2.05) is 62.3 Å². The minimum Gasteiger partial charge on any atom is -0.497 e. The van der Waals surface area contributed by atoms with Gasteiger partial charge in [0.25, 0.3) is 0 Å². The molecule has 2 aromatic rings. The molecule has 0 bridgehead atoms. The molecule has 7 heteroatoms. The summed E-state index contributed by atoms with van der Waals surface area (Å²) >= 11 is 0. The zero-order valence-corrected chi connectivity index (χ0v) is 17.5. The fourth-order valence-electron chi connectivity index (χ4n) is 2.71. The Labute approximate surface area is 167 Å². The van der Waals surface area contributed by atoms with Gasteiger partial charge in [-0.05, 0) is 31.5 Å². The Morgan fingerprint density at radius 2 is 1.96 bits per heavy atom. The van der Waals surface area contributed by atoms with Crippen LogP contribution in [0.25, 0.3) is 0 Å². The number of hydrogen-bond donors (Lipinski definition) is 1. The largest absolute Gasteiger partial charge is 0.497 e. The molecule has 0 saturated heterocycles. The molecule has 0 amide bonds. The van der Waals surface area contributed by atoms with Crippen LogP contribution in [0.2, 0.25) is 0 Å². The van der Waals surface area contributed by atoms with Crippen LogP contribution >= 0.6 is 0 Å². The molecule has 0 radical (unpaired) electrons. The number of methoxy groups -OCH3 is 2. The summed E-state index contributed by atoms with van der Waals surface area (Å²) in [6, 6.07) is 9.68. The number of hydrogen-bond acceptors (Lipinski definition) is 5. The highest BCUT2D eigenvalue weighted by Crippen LogP contribution is 2.25. The van der Waals surface area contributed by atoms with E-state index in [2.05, 4.69) is 15.3 Å². The lowest BCUT2D eigenvalue weighted by molar-refractivity contribution is 0.232. The summed E-state index contributed by atoms with van der Waals surface area (Å²) in [5, 5.41) is 3.36. The Morgan fingerprint density at radius 3 is 2.54 bits per heavy atom. The number of nitrogens with one attached hydrogen (secondary N) is 1. The van der Waals surface area contributed by atoms with Crippen LogP contribution in [0.5, 0.6) is 17.4 Å². The van der Waals surface area contributed by atoms with Crippen molar-refractivity contribution in [1.82, 2.24) is 15.2 Å². The molecule has 7 nitrogen and oxygen atoms in total. The number of ether oxygens (including phenoxy) is 3. The molecular formula is C21H30N4O3. The van der Waals surface area contributed by atoms with E-state index < -0.39 is 0 Å². The molecule has 1 heterocycles. The van der Waals surface area contributed by atoms with E-state index in [-0.39, 0.29) is 6.10 Å². The first kappa shape index (κ1) is 21.3. The number of aliphatic imine (C=N–C) groups is 1. The zero-order chi connectivity index (χ0) is 20.5. The molecule has 0 aliphatic carbocycles. The normalized spacial score (nSPS) is 11.3. The van der Waals surface area contributed by atoms with Gasteiger partial charge in [0.05, 0.1) is 20.3 Å². The van der Waals surface area contributed by atoms with Gasteiger partial charge in [-0.25, -0.2) is 4.98 Å². The Hall–Kier alpha value is -2.96. The average Bonchev–Trinajstić information content (AvgIpc) is 2.69. The van der Waals surface area contributed by atoms with Gasteiger partial charge in [0.2, 0.25) is 5.88 Å². The Morgan fingerprint density at radius 1 is 1.18 bits per heavy atom. The van der Waals surface area contributed by atoms with Crippen LogP contribution in [-0.2, 0) is 13.1 Å². The number of benzene rings is 1. The minimum absolute atomic E-state index is 0.110. The third kappa shape index (κ3) is 6.04. The highest BCUT2D eigenvalue weighted by molar-refractivity contribution is 5.79. The molecule has 2 rings (SSSR count). The van der Waals surface area contributed by atoms with E-state index in [4.69, 9.17) is 14.2 Å². The molecular weight excluding hydrogens is 356 g/mol. The van der Waals surface area contributed by atoms with E-state index in [1.54, 1.807) is 21.3 Å². The lowest BCUT2D eigenvalue weighted by Gasteiger charge is -2.23. The van der Waals surface area contributed by atoms with Crippen molar-refractivity contribution < 1.29 is 14.2 Å². The molecule has 1 aromatic heterocycles. The van der Waals surface area contributed by atoms with E-state index in [0.29, 0.717) is 19.0 Å². The fraction of sp³-hybridized carbons (Fsp3) is 0.429. The van der Waals surface area contributed by atoms with Crippen molar-refractivity contribution in [2.24, 2.45) is 4.99 Å². The van der Waals surface area contributed by atoms with E-state index in [9.17, 15) is 0 Å². The standard InChI is InChI=1S/C21H30N4O3/c1-15(2)28-20-10-7-16(12-23-20)13-24-21(22-3)25(4)14-17-8-9-18(26-5)11-19(17)27-6/h7-12,15H,13-14H2,1-6H3,(H,22,24). The first-order chi connectivity index (χ1) is 13.5. The fourth-order valence-corrected chi connectivity index (χ4v) is 2.71. The van der Waals surface area contributed by atoms with E-state index in [1.165, 1.54) is 0 Å². The molecule has 28 heavy (non-hydrogen) atoms. The number of rotatable bonds is 8. The van der Waals surface area contributed by atoms with Crippen LogP contribution in [0.1, 0.15) is 25.0 Å². The predicted molar refractivity (Wildman–Crippen MR) is 111 cm³/mol. The van der Waals surface area contributed by atoms with Gasteiger partial charge in [0, 0.05) is 51.1 Å². The Balaban J connectivity index is 1.97. The summed E-state index contributed by atoms with van der Waals surface area (Å²) in [7, 11) is 7.05. The average molecular weight is 386 g/mol. The van der Waals surface area contributed by atoms with Gasteiger partial charge < -0.3 is 24.4 Å². The lowest BCUT2D eigenvalue weighted by atomic mass is 10.2. The van der Waals surface area contributed by atoms with Crippen molar-refractivity contribution in [3.8, 4) is 17.4 Å². The molecule has 1 N–H and O–H groups in total. The van der Waals surface area contributed by atoms with Gasteiger partial charge in [0.15, 0.2) is 5.96 Å². The summed E-state index contributed by atoms with van der Waals surface area (Å²) in [6.45, 7) is 5.22. The van der Waals surface area contributed by atoms with Crippen molar-refractivity contribution in [2.75, 3.05) is 28.3 Å². The first-order valence-corrected chi connectivity index (χ1v) is 9.21. The summed E-state index contributed by atoms with van der Waals surface area (Å²) in [6.07, 6.45) is 1.92. The maximum atomic E-state index is 5.57. The van der Waals surface area contributed by atoms with E-state index in [0.717, 1.165) is 28.6 Å². The summed E-state index contributed by atoms with van der Waals surface area (Å²) in [5.41, 5.74) is 2.10. The zero-order valence-electron chi connectivity index (χ0n) is 17.5. The molecule has 152 valence electrons. The maximum Gasteiger partial charge on any atom is 0.213 e. The third-order valence-electron chi connectivity index (χ3n) is 4.08. The Bertz CT molecular complexity index is 776. The van der Waals surface area contributed by atoms with Crippen molar-refractivity contribution in [3.05, 3.63) is 47.7 Å². The van der Waals surface area contributed by atoms with Gasteiger partial charge in [-0.2, -0.15) is 0 Å². The molecule has 0 saturated carbocycles. The molecule has 1 aromatic carbocycles. The molecule has 0 unspecified atom stereocenters. The second-order valence-corrected chi connectivity index (χ2v) is 6.61.